The molecular formula is C20H27NO3. The van der Waals surface area contributed by atoms with Gasteiger partial charge in [-0.15, -0.1) is 0 Å². The van der Waals surface area contributed by atoms with Crippen LogP contribution in [0.1, 0.15) is 62.4 Å². The van der Waals surface area contributed by atoms with E-state index < -0.39 is 5.60 Å². The maximum Gasteiger partial charge on any atom is 0.410 e. The monoisotopic (exact) mass is 329 g/mol. The van der Waals surface area contributed by atoms with Crippen LogP contribution in [0.5, 0.6) is 0 Å². The SMILES string of the molecule is CC(C)(C)OC(=O)N1CCC[C@H]1[C@H]1CCCc2ccccc2C1=O. The first-order valence-electron chi connectivity index (χ1n) is 8.98. The number of amides is 1. The van der Waals surface area contributed by atoms with Crippen LogP contribution in [0.25, 0.3) is 0 Å². The van der Waals surface area contributed by atoms with Gasteiger partial charge in [0.1, 0.15) is 5.60 Å². The van der Waals surface area contributed by atoms with Gasteiger partial charge in [0.25, 0.3) is 0 Å². The Labute approximate surface area is 144 Å². The van der Waals surface area contributed by atoms with Crippen molar-refractivity contribution >= 4 is 11.9 Å². The minimum Gasteiger partial charge on any atom is -0.444 e. The van der Waals surface area contributed by atoms with Crippen molar-refractivity contribution < 1.29 is 14.3 Å². The van der Waals surface area contributed by atoms with Gasteiger partial charge < -0.3 is 9.64 Å². The van der Waals surface area contributed by atoms with E-state index in [1.165, 1.54) is 0 Å². The van der Waals surface area contributed by atoms with Gasteiger partial charge in [-0.3, -0.25) is 4.79 Å². The first-order valence-corrected chi connectivity index (χ1v) is 8.98. The van der Waals surface area contributed by atoms with Crippen molar-refractivity contribution in [2.24, 2.45) is 5.92 Å². The zero-order valence-corrected chi connectivity index (χ0v) is 14.9. The van der Waals surface area contributed by atoms with E-state index in [1.807, 2.05) is 39.0 Å². The van der Waals surface area contributed by atoms with E-state index in [1.54, 1.807) is 4.90 Å². The Kier molecular flexibility index (Phi) is 4.66. The predicted octanol–water partition coefficient (Wildman–Crippen LogP) is 4.22. The summed E-state index contributed by atoms with van der Waals surface area (Å²) >= 11 is 0. The summed E-state index contributed by atoms with van der Waals surface area (Å²) in [6, 6.07) is 7.88. The highest BCUT2D eigenvalue weighted by Crippen LogP contribution is 2.34. The molecule has 2 atom stereocenters. The average molecular weight is 329 g/mol. The number of hydrogen-bond acceptors (Lipinski definition) is 3. The fourth-order valence-electron chi connectivity index (χ4n) is 3.95. The first-order chi connectivity index (χ1) is 11.4. The van der Waals surface area contributed by atoms with Crippen LogP contribution in [-0.2, 0) is 11.2 Å². The molecule has 0 spiro atoms. The molecule has 24 heavy (non-hydrogen) atoms. The minimum atomic E-state index is -0.510. The summed E-state index contributed by atoms with van der Waals surface area (Å²) in [6.07, 6.45) is 4.32. The highest BCUT2D eigenvalue weighted by atomic mass is 16.6. The van der Waals surface area contributed by atoms with Crippen molar-refractivity contribution in [3.63, 3.8) is 0 Å². The molecule has 1 aliphatic heterocycles. The minimum absolute atomic E-state index is 0.0292. The molecule has 0 aromatic heterocycles. The Morgan fingerprint density at radius 3 is 2.67 bits per heavy atom. The molecule has 1 saturated heterocycles. The Morgan fingerprint density at radius 2 is 1.92 bits per heavy atom. The molecule has 1 aromatic rings. The second-order valence-electron chi connectivity index (χ2n) is 7.90. The number of carbonyl (C=O) groups excluding carboxylic acids is 2. The zero-order chi connectivity index (χ0) is 17.3. The van der Waals surface area contributed by atoms with Gasteiger partial charge in [0.05, 0.1) is 0 Å². The molecule has 0 radical (unpaired) electrons. The summed E-state index contributed by atoms with van der Waals surface area (Å²) in [7, 11) is 0. The molecule has 0 saturated carbocycles. The molecule has 1 aliphatic carbocycles. The van der Waals surface area contributed by atoms with Gasteiger partial charge in [0, 0.05) is 24.1 Å². The van der Waals surface area contributed by atoms with Crippen LogP contribution in [0.2, 0.25) is 0 Å². The van der Waals surface area contributed by atoms with E-state index in [0.717, 1.165) is 43.2 Å². The molecule has 0 N–H and O–H groups in total. The number of likely N-dealkylation sites (tertiary alicyclic amines) is 1. The lowest BCUT2D eigenvalue weighted by Gasteiger charge is -2.32. The second-order valence-corrected chi connectivity index (χ2v) is 7.90. The number of hydrogen-bond donors (Lipinski definition) is 0. The van der Waals surface area contributed by atoms with Crippen molar-refractivity contribution in [2.75, 3.05) is 6.54 Å². The molecule has 4 heteroatoms. The summed E-state index contributed by atoms with van der Waals surface area (Å²) in [6.45, 7) is 6.32. The van der Waals surface area contributed by atoms with Crippen LogP contribution in [-0.4, -0.2) is 35.0 Å². The number of rotatable bonds is 1. The van der Waals surface area contributed by atoms with Crippen molar-refractivity contribution in [1.82, 2.24) is 4.90 Å². The fraction of sp³-hybridized carbons (Fsp3) is 0.600. The number of nitrogens with zero attached hydrogens (tertiary/aromatic N) is 1. The number of fused-ring (bicyclic) bond motifs is 1. The third-order valence-corrected chi connectivity index (χ3v) is 4.97. The lowest BCUT2D eigenvalue weighted by atomic mass is 9.87. The van der Waals surface area contributed by atoms with Crippen LogP contribution in [0.3, 0.4) is 0 Å². The number of ketones is 1. The van der Waals surface area contributed by atoms with Gasteiger partial charge in [0.2, 0.25) is 0 Å². The zero-order valence-electron chi connectivity index (χ0n) is 14.9. The third kappa shape index (κ3) is 3.47. The second kappa shape index (κ2) is 6.58. The van der Waals surface area contributed by atoms with Gasteiger partial charge in [-0.1, -0.05) is 24.3 Å². The smallest absolute Gasteiger partial charge is 0.410 e. The molecule has 4 nitrogen and oxygen atoms in total. The first kappa shape index (κ1) is 17.0. The van der Waals surface area contributed by atoms with Gasteiger partial charge in [-0.2, -0.15) is 0 Å². The van der Waals surface area contributed by atoms with Gasteiger partial charge in [-0.05, 0) is 58.4 Å². The molecule has 3 rings (SSSR count). The van der Waals surface area contributed by atoms with Gasteiger partial charge in [-0.25, -0.2) is 4.79 Å². The summed E-state index contributed by atoms with van der Waals surface area (Å²) < 4.78 is 5.55. The van der Waals surface area contributed by atoms with E-state index in [4.69, 9.17) is 4.74 Å². The summed E-state index contributed by atoms with van der Waals surface area (Å²) in [5, 5.41) is 0. The number of Topliss-reactive ketones (excluding diaryl/α,β-unsaturated/α-hetero) is 1. The standard InChI is InChI=1S/C20H27NO3/c1-20(2,3)24-19(23)21-13-7-12-17(21)16-11-6-9-14-8-4-5-10-15(14)18(16)22/h4-5,8,10,16-17H,6-7,9,11-13H2,1-3H3/t16-,17+/m1/s1. The Balaban J connectivity index is 1.82. The maximum absolute atomic E-state index is 13.1. The van der Waals surface area contributed by atoms with E-state index in [9.17, 15) is 9.59 Å². The molecule has 0 bridgehead atoms. The number of benzene rings is 1. The van der Waals surface area contributed by atoms with Gasteiger partial charge in [0.15, 0.2) is 5.78 Å². The van der Waals surface area contributed by atoms with E-state index >= 15 is 0 Å². The fourth-order valence-corrected chi connectivity index (χ4v) is 3.95. The lowest BCUT2D eigenvalue weighted by molar-refractivity contribution is 0.0177. The van der Waals surface area contributed by atoms with Crippen molar-refractivity contribution in [3.05, 3.63) is 35.4 Å². The Bertz CT molecular complexity index is 632. The predicted molar refractivity (Wildman–Crippen MR) is 93.2 cm³/mol. The summed E-state index contributed by atoms with van der Waals surface area (Å²) in [4.78, 5) is 27.4. The number of ether oxygens (including phenoxy) is 1. The van der Waals surface area contributed by atoms with Gasteiger partial charge >= 0.3 is 6.09 Å². The topological polar surface area (TPSA) is 46.6 Å². The molecule has 130 valence electrons. The largest absolute Gasteiger partial charge is 0.444 e. The van der Waals surface area contributed by atoms with Crippen LogP contribution in [0.4, 0.5) is 4.79 Å². The quantitative estimate of drug-likeness (QED) is 0.725. The average Bonchev–Trinajstić information content (AvgIpc) is 2.93. The molecule has 0 unspecified atom stereocenters. The highest BCUT2D eigenvalue weighted by Gasteiger charge is 2.41. The molecule has 2 aliphatic rings. The van der Waals surface area contributed by atoms with Crippen LogP contribution in [0.15, 0.2) is 24.3 Å². The molecule has 1 fully saturated rings. The maximum atomic E-state index is 13.1. The molecule has 1 amide bonds. The van der Waals surface area contributed by atoms with Crippen molar-refractivity contribution in [1.29, 1.82) is 0 Å². The highest BCUT2D eigenvalue weighted by molar-refractivity contribution is 6.00. The lowest BCUT2D eigenvalue weighted by Crippen LogP contribution is -2.45. The van der Waals surface area contributed by atoms with Crippen LogP contribution in [0, 0.1) is 5.92 Å². The summed E-state index contributed by atoms with van der Waals surface area (Å²) in [5.41, 5.74) is 1.48. The normalized spacial score (nSPS) is 24.5. The van der Waals surface area contributed by atoms with Crippen molar-refractivity contribution in [3.8, 4) is 0 Å². The van der Waals surface area contributed by atoms with E-state index in [0.29, 0.717) is 6.54 Å². The Hall–Kier alpha value is -1.84. The molecular weight excluding hydrogens is 302 g/mol. The van der Waals surface area contributed by atoms with E-state index in [2.05, 4.69) is 6.07 Å². The van der Waals surface area contributed by atoms with Crippen LogP contribution < -0.4 is 0 Å². The van der Waals surface area contributed by atoms with Crippen LogP contribution >= 0.6 is 0 Å². The molecule has 1 heterocycles. The molecule has 1 aromatic carbocycles. The van der Waals surface area contributed by atoms with E-state index in [-0.39, 0.29) is 23.8 Å². The number of carbonyl (C=O) groups is 2. The number of aryl methyl sites for hydroxylation is 1. The summed E-state index contributed by atoms with van der Waals surface area (Å²) in [5.74, 6) is 0.0900. The Morgan fingerprint density at radius 1 is 1.17 bits per heavy atom. The third-order valence-electron chi connectivity index (χ3n) is 4.97. The van der Waals surface area contributed by atoms with Crippen molar-refractivity contribution in [2.45, 2.75) is 64.5 Å².